The fourth-order valence-corrected chi connectivity index (χ4v) is 2.92. The van der Waals surface area contributed by atoms with E-state index in [2.05, 4.69) is 15.6 Å². The van der Waals surface area contributed by atoms with Crippen LogP contribution in [-0.4, -0.2) is 21.1 Å². The number of hydrogen-bond donors (Lipinski definition) is 3. The van der Waals surface area contributed by atoms with Crippen LogP contribution in [0.1, 0.15) is 10.6 Å². The van der Waals surface area contributed by atoms with Crippen molar-refractivity contribution in [3.05, 3.63) is 65.6 Å². The minimum atomic E-state index is -0.478. The van der Waals surface area contributed by atoms with E-state index in [1.165, 1.54) is 18.4 Å². The minimum absolute atomic E-state index is 0.0602. The van der Waals surface area contributed by atoms with E-state index in [9.17, 15) is 9.90 Å². The molecule has 2 heterocycles. The molecule has 9 heteroatoms. The van der Waals surface area contributed by atoms with Gasteiger partial charge in [-0.2, -0.15) is 0 Å². The number of anilines is 1. The summed E-state index contributed by atoms with van der Waals surface area (Å²) in [6, 6.07) is 12.9. The first-order valence-corrected chi connectivity index (χ1v) is 8.83. The van der Waals surface area contributed by atoms with Crippen LogP contribution in [0.4, 0.5) is 5.69 Å². The molecular weight excluding hydrogens is 402 g/mol. The predicted molar refractivity (Wildman–Crippen MR) is 109 cm³/mol. The first kappa shape index (κ1) is 18.0. The maximum absolute atomic E-state index is 11.9. The van der Waals surface area contributed by atoms with Crippen molar-refractivity contribution in [1.82, 2.24) is 10.3 Å². The van der Waals surface area contributed by atoms with E-state index < -0.39 is 5.91 Å². The van der Waals surface area contributed by atoms with Crippen LogP contribution < -0.4 is 10.6 Å². The molecule has 7 nitrogen and oxygen atoms in total. The van der Waals surface area contributed by atoms with E-state index >= 15 is 0 Å². The van der Waals surface area contributed by atoms with Gasteiger partial charge in [-0.1, -0.05) is 11.6 Å². The third-order valence-corrected chi connectivity index (χ3v) is 4.25. The summed E-state index contributed by atoms with van der Waals surface area (Å²) in [5.41, 5.74) is 2.03. The second-order valence-corrected chi connectivity index (χ2v) is 6.59. The number of carbonyl (C=O) groups excluding carboxylic acids is 1. The number of thiocarbonyl (C=S) groups is 1. The third-order valence-electron chi connectivity index (χ3n) is 3.81. The van der Waals surface area contributed by atoms with E-state index in [1.807, 2.05) is 0 Å². The second-order valence-electron chi connectivity index (χ2n) is 5.75. The number of amides is 1. The number of halogens is 1. The lowest BCUT2D eigenvalue weighted by Crippen LogP contribution is -2.33. The Morgan fingerprint density at radius 1 is 1.18 bits per heavy atom. The number of phenols is 1. The zero-order valence-electron chi connectivity index (χ0n) is 14.1. The van der Waals surface area contributed by atoms with Crippen LogP contribution in [0.2, 0.25) is 5.02 Å². The normalized spacial score (nSPS) is 10.8. The summed E-state index contributed by atoms with van der Waals surface area (Å²) in [6.45, 7) is 0. The molecule has 0 radical (unpaired) electrons. The smallest absolute Gasteiger partial charge is 0.293 e. The van der Waals surface area contributed by atoms with Gasteiger partial charge in [0.1, 0.15) is 11.3 Å². The standard InChI is InChI=1S/C19H12ClN3O4S/c20-10-3-6-15-13(8-10)22-18(27-15)12-5-4-11(9-14(12)24)21-19(28)23-17(25)16-2-1-7-26-16/h1-9,24H,(H2,21,23,25,28). The first-order valence-electron chi connectivity index (χ1n) is 8.05. The van der Waals surface area contributed by atoms with Crippen LogP contribution in [0.25, 0.3) is 22.6 Å². The highest BCUT2D eigenvalue weighted by Crippen LogP contribution is 2.33. The molecule has 0 aliphatic rings. The number of nitrogens with zero attached hydrogens (tertiary/aromatic N) is 1. The lowest BCUT2D eigenvalue weighted by Gasteiger charge is -2.10. The highest BCUT2D eigenvalue weighted by atomic mass is 35.5. The lowest BCUT2D eigenvalue weighted by molar-refractivity contribution is 0.0950. The summed E-state index contributed by atoms with van der Waals surface area (Å²) in [4.78, 5) is 16.2. The molecule has 0 atom stereocenters. The Hall–Kier alpha value is -3.36. The summed E-state index contributed by atoms with van der Waals surface area (Å²) in [6.07, 6.45) is 1.39. The number of phenolic OH excluding ortho intramolecular Hbond substituents is 1. The summed E-state index contributed by atoms with van der Waals surface area (Å²) >= 11 is 11.1. The van der Waals surface area contributed by atoms with Crippen molar-refractivity contribution in [2.24, 2.45) is 0 Å². The van der Waals surface area contributed by atoms with Gasteiger partial charge in [-0.15, -0.1) is 0 Å². The number of aromatic nitrogens is 1. The molecule has 0 aliphatic heterocycles. The fraction of sp³-hybridized carbons (Fsp3) is 0. The molecule has 0 aliphatic carbocycles. The van der Waals surface area contributed by atoms with Crippen LogP contribution in [0.3, 0.4) is 0 Å². The van der Waals surface area contributed by atoms with Gasteiger partial charge < -0.3 is 19.3 Å². The molecule has 1 amide bonds. The number of nitrogens with one attached hydrogen (secondary N) is 2. The number of oxazole rings is 1. The SMILES string of the molecule is O=C(NC(=S)Nc1ccc(-c2nc3cc(Cl)ccc3o2)c(O)c1)c1ccco1. The molecule has 0 saturated heterocycles. The molecule has 4 rings (SSSR count). The van der Waals surface area contributed by atoms with Crippen molar-refractivity contribution in [2.75, 3.05) is 5.32 Å². The fourth-order valence-electron chi connectivity index (χ4n) is 2.54. The van der Waals surface area contributed by atoms with Gasteiger partial charge in [0.15, 0.2) is 16.5 Å². The number of fused-ring (bicyclic) bond motifs is 1. The average Bonchev–Trinajstić information content (AvgIpc) is 3.31. The van der Waals surface area contributed by atoms with Gasteiger partial charge in [0, 0.05) is 16.8 Å². The average molecular weight is 414 g/mol. The zero-order chi connectivity index (χ0) is 19.7. The number of furan rings is 1. The lowest BCUT2D eigenvalue weighted by atomic mass is 10.2. The number of hydrogen-bond acceptors (Lipinski definition) is 6. The Balaban J connectivity index is 1.50. The predicted octanol–water partition coefficient (Wildman–Crippen LogP) is 4.57. The number of carbonyl (C=O) groups is 1. The molecule has 140 valence electrons. The van der Waals surface area contributed by atoms with E-state index in [1.54, 1.807) is 36.4 Å². The van der Waals surface area contributed by atoms with Crippen molar-refractivity contribution < 1.29 is 18.7 Å². The number of aromatic hydroxyl groups is 1. The van der Waals surface area contributed by atoms with Crippen molar-refractivity contribution in [3.63, 3.8) is 0 Å². The van der Waals surface area contributed by atoms with Crippen molar-refractivity contribution >= 4 is 51.6 Å². The Bertz CT molecular complexity index is 1190. The van der Waals surface area contributed by atoms with Crippen molar-refractivity contribution in [3.8, 4) is 17.2 Å². The van der Waals surface area contributed by atoms with E-state index in [0.29, 0.717) is 27.4 Å². The van der Waals surface area contributed by atoms with Gasteiger partial charge in [0.05, 0.1) is 11.8 Å². The highest BCUT2D eigenvalue weighted by molar-refractivity contribution is 7.80. The van der Waals surface area contributed by atoms with Crippen LogP contribution in [-0.2, 0) is 0 Å². The van der Waals surface area contributed by atoms with Gasteiger partial charge in [-0.25, -0.2) is 4.98 Å². The Morgan fingerprint density at radius 2 is 2.04 bits per heavy atom. The van der Waals surface area contributed by atoms with E-state index in [4.69, 9.17) is 32.7 Å². The largest absolute Gasteiger partial charge is 0.507 e. The van der Waals surface area contributed by atoms with E-state index in [-0.39, 0.29) is 22.5 Å². The van der Waals surface area contributed by atoms with Crippen LogP contribution in [0, 0.1) is 0 Å². The molecule has 0 unspecified atom stereocenters. The summed E-state index contributed by atoms with van der Waals surface area (Å²) in [5, 5.41) is 16.3. The van der Waals surface area contributed by atoms with Gasteiger partial charge in [0.25, 0.3) is 5.91 Å². The molecule has 0 saturated carbocycles. The van der Waals surface area contributed by atoms with Crippen LogP contribution >= 0.6 is 23.8 Å². The molecule has 0 bridgehead atoms. The van der Waals surface area contributed by atoms with Crippen molar-refractivity contribution in [1.29, 1.82) is 0 Å². The Morgan fingerprint density at radius 3 is 2.79 bits per heavy atom. The van der Waals surface area contributed by atoms with Crippen LogP contribution in [0.15, 0.2) is 63.6 Å². The monoisotopic (exact) mass is 413 g/mol. The molecule has 28 heavy (non-hydrogen) atoms. The summed E-state index contributed by atoms with van der Waals surface area (Å²) < 4.78 is 10.7. The molecule has 2 aromatic heterocycles. The van der Waals surface area contributed by atoms with E-state index in [0.717, 1.165) is 0 Å². The quantitative estimate of drug-likeness (QED) is 0.423. The van der Waals surface area contributed by atoms with Gasteiger partial charge in [-0.05, 0) is 54.7 Å². The molecule has 0 spiro atoms. The summed E-state index contributed by atoms with van der Waals surface area (Å²) in [7, 11) is 0. The number of rotatable bonds is 3. The van der Waals surface area contributed by atoms with Crippen LogP contribution in [0.5, 0.6) is 5.75 Å². The maximum atomic E-state index is 11.9. The molecular formula is C19H12ClN3O4S. The first-order chi connectivity index (χ1) is 13.5. The zero-order valence-corrected chi connectivity index (χ0v) is 15.7. The molecule has 3 N–H and O–H groups in total. The van der Waals surface area contributed by atoms with Gasteiger partial charge >= 0.3 is 0 Å². The van der Waals surface area contributed by atoms with Gasteiger partial charge in [0.2, 0.25) is 5.89 Å². The Labute approximate surface area is 168 Å². The number of benzene rings is 2. The molecule has 2 aromatic carbocycles. The van der Waals surface area contributed by atoms with Crippen molar-refractivity contribution in [2.45, 2.75) is 0 Å². The maximum Gasteiger partial charge on any atom is 0.293 e. The van der Waals surface area contributed by atoms with Gasteiger partial charge in [-0.3, -0.25) is 10.1 Å². The minimum Gasteiger partial charge on any atom is -0.507 e. The Kier molecular flexibility index (Phi) is 4.72. The topological polar surface area (TPSA) is 101 Å². The third kappa shape index (κ3) is 3.68. The second kappa shape index (κ2) is 7.34. The highest BCUT2D eigenvalue weighted by Gasteiger charge is 2.14. The molecule has 4 aromatic rings. The molecule has 0 fully saturated rings. The summed E-state index contributed by atoms with van der Waals surface area (Å²) in [5.74, 6) is -0.148.